The summed E-state index contributed by atoms with van der Waals surface area (Å²) >= 11 is 0. The Kier molecular flexibility index (Phi) is 4.68. The number of nitrogens with zero attached hydrogens (tertiary/aromatic N) is 2. The maximum atomic E-state index is 10.7. The zero-order valence-electron chi connectivity index (χ0n) is 12.2. The number of hydrogen-bond donors (Lipinski definition) is 0. The summed E-state index contributed by atoms with van der Waals surface area (Å²) < 4.78 is 0. The van der Waals surface area contributed by atoms with E-state index in [0.717, 1.165) is 16.0 Å². The molecule has 0 saturated heterocycles. The summed E-state index contributed by atoms with van der Waals surface area (Å²) in [5, 5.41) is 25.4. The van der Waals surface area contributed by atoms with E-state index in [9.17, 15) is 20.2 Å². The maximum absolute atomic E-state index is 10.7. The summed E-state index contributed by atoms with van der Waals surface area (Å²) in [6, 6.07) is 13.0. The maximum Gasteiger partial charge on any atom is 0.269 e. The van der Waals surface area contributed by atoms with Gasteiger partial charge in [0.05, 0.1) is 9.85 Å². The third-order valence-corrected chi connectivity index (χ3v) is 6.84. The fourth-order valence-electron chi connectivity index (χ4n) is 2.09. The van der Waals surface area contributed by atoms with Gasteiger partial charge in [-0.25, -0.2) is 0 Å². The summed E-state index contributed by atoms with van der Waals surface area (Å²) in [5.74, 6) is 0. The number of nitro groups is 2. The number of allylic oxidation sites excluding steroid dienone is 2. The number of non-ortho nitro benzene ring substituents is 2. The van der Waals surface area contributed by atoms with Crippen molar-refractivity contribution >= 4 is 37.7 Å². The molecule has 2 aromatic carbocycles. The van der Waals surface area contributed by atoms with Gasteiger partial charge in [0.25, 0.3) is 11.4 Å². The molecule has 1 aliphatic heterocycles. The zero-order chi connectivity index (χ0) is 17.1. The van der Waals surface area contributed by atoms with Gasteiger partial charge in [0.1, 0.15) is 26.1 Å². The highest BCUT2D eigenvalue weighted by Gasteiger charge is 2.24. The Hall–Kier alpha value is -2.58. The lowest BCUT2D eigenvalue weighted by molar-refractivity contribution is -0.385. The zero-order valence-corrected chi connectivity index (χ0v) is 13.8. The average molecular weight is 359 g/mol. The predicted molar refractivity (Wildman–Crippen MR) is 96.5 cm³/mol. The van der Waals surface area contributed by atoms with Crippen molar-refractivity contribution in [2.75, 3.05) is 0 Å². The first kappa shape index (κ1) is 16.3. The minimum absolute atomic E-state index is 0.0671. The highest BCUT2D eigenvalue weighted by Crippen LogP contribution is 2.37. The lowest BCUT2D eigenvalue weighted by Gasteiger charge is -2.07. The van der Waals surface area contributed by atoms with Crippen LogP contribution in [0.15, 0.2) is 70.3 Å². The van der Waals surface area contributed by atoms with Gasteiger partial charge in [-0.2, -0.15) is 0 Å². The standard InChI is InChI=1S/C16H11N2O4S2/c19-17(20)14-3-1-12(2-4-14)13-9-10-24(23-11-13)16-7-5-15(6-8-16)18(21)22/h1-11H/q+1. The van der Waals surface area contributed by atoms with E-state index < -0.39 is 9.85 Å². The van der Waals surface area contributed by atoms with Crippen LogP contribution in [-0.2, 0) is 9.93 Å². The lowest BCUT2D eigenvalue weighted by Crippen LogP contribution is -1.97. The van der Waals surface area contributed by atoms with E-state index in [1.54, 1.807) is 35.1 Å². The molecular weight excluding hydrogens is 348 g/mol. The minimum atomic E-state index is -0.421. The van der Waals surface area contributed by atoms with Crippen molar-refractivity contribution in [2.24, 2.45) is 0 Å². The molecule has 0 spiro atoms. The molecule has 0 aromatic heterocycles. The van der Waals surface area contributed by atoms with Crippen molar-refractivity contribution in [3.63, 3.8) is 0 Å². The van der Waals surface area contributed by atoms with Crippen LogP contribution in [0.4, 0.5) is 11.4 Å². The molecule has 1 heterocycles. The normalized spacial score (nSPS) is 16.5. The van der Waals surface area contributed by atoms with Crippen molar-refractivity contribution in [2.45, 2.75) is 4.90 Å². The van der Waals surface area contributed by atoms with Crippen LogP contribution in [-0.4, -0.2) is 9.85 Å². The van der Waals surface area contributed by atoms with Gasteiger partial charge >= 0.3 is 0 Å². The Morgan fingerprint density at radius 3 is 1.83 bits per heavy atom. The van der Waals surface area contributed by atoms with E-state index in [-0.39, 0.29) is 21.3 Å². The molecule has 0 bridgehead atoms. The summed E-state index contributed by atoms with van der Waals surface area (Å²) in [5.41, 5.74) is 2.05. The SMILES string of the molecule is O=[N+]([O-])c1ccc(C2=CS[S+](c3ccc([N+](=O)[O-])cc3)C=C2)cc1. The van der Waals surface area contributed by atoms with Crippen molar-refractivity contribution in [3.8, 4) is 0 Å². The molecule has 2 aromatic rings. The second kappa shape index (κ2) is 6.90. The van der Waals surface area contributed by atoms with Crippen LogP contribution in [0.3, 0.4) is 0 Å². The molecule has 1 atom stereocenters. The van der Waals surface area contributed by atoms with E-state index in [2.05, 4.69) is 0 Å². The molecule has 0 N–H and O–H groups in total. The summed E-state index contributed by atoms with van der Waals surface area (Å²) in [6.07, 6.45) is 1.97. The monoisotopic (exact) mass is 359 g/mol. The van der Waals surface area contributed by atoms with Crippen LogP contribution < -0.4 is 0 Å². The average Bonchev–Trinajstić information content (AvgIpc) is 2.62. The molecule has 120 valence electrons. The van der Waals surface area contributed by atoms with Gasteiger partial charge in [-0.05, 0) is 29.3 Å². The number of benzene rings is 2. The van der Waals surface area contributed by atoms with Gasteiger partial charge in [0.15, 0.2) is 4.90 Å². The van der Waals surface area contributed by atoms with Crippen molar-refractivity contribution < 1.29 is 9.85 Å². The molecule has 6 nitrogen and oxygen atoms in total. The van der Waals surface area contributed by atoms with Gasteiger partial charge < -0.3 is 0 Å². The molecule has 8 heteroatoms. The summed E-state index contributed by atoms with van der Waals surface area (Å²) in [4.78, 5) is 21.6. The highest BCUT2D eigenvalue weighted by molar-refractivity contribution is 8.76. The highest BCUT2D eigenvalue weighted by atomic mass is 33.1. The van der Waals surface area contributed by atoms with Crippen LogP contribution in [0.2, 0.25) is 0 Å². The van der Waals surface area contributed by atoms with Crippen molar-refractivity contribution in [3.05, 3.63) is 91.2 Å². The molecule has 3 rings (SSSR count). The Labute approximate surface area is 143 Å². The molecular formula is C16H11N2O4S2+. The lowest BCUT2D eigenvalue weighted by atomic mass is 10.1. The van der Waals surface area contributed by atoms with E-state index in [0.29, 0.717) is 0 Å². The third-order valence-electron chi connectivity index (χ3n) is 3.34. The fraction of sp³-hybridized carbons (Fsp3) is 0. The number of nitro benzene ring substituents is 2. The van der Waals surface area contributed by atoms with Gasteiger partial charge in [0.2, 0.25) is 0 Å². The van der Waals surface area contributed by atoms with Crippen LogP contribution >= 0.6 is 10.8 Å². The van der Waals surface area contributed by atoms with Crippen molar-refractivity contribution in [1.82, 2.24) is 0 Å². The molecule has 0 amide bonds. The first-order valence-corrected chi connectivity index (χ1v) is 9.51. The quantitative estimate of drug-likeness (QED) is 0.342. The van der Waals surface area contributed by atoms with E-state index >= 15 is 0 Å². The summed E-state index contributed by atoms with van der Waals surface area (Å²) in [6.45, 7) is 0. The van der Waals surface area contributed by atoms with Gasteiger partial charge in [-0.1, -0.05) is 0 Å². The largest absolute Gasteiger partial charge is 0.269 e. The molecule has 0 saturated carbocycles. The Morgan fingerprint density at radius 2 is 1.38 bits per heavy atom. The second-order valence-corrected chi connectivity index (χ2v) is 8.25. The first-order chi connectivity index (χ1) is 11.5. The van der Waals surface area contributed by atoms with Gasteiger partial charge in [0, 0.05) is 41.8 Å². The van der Waals surface area contributed by atoms with Gasteiger partial charge in [-0.3, -0.25) is 20.2 Å². The smallest absolute Gasteiger partial charge is 0.258 e. The Bertz CT molecular complexity index is 845. The minimum Gasteiger partial charge on any atom is -0.258 e. The molecule has 0 aliphatic carbocycles. The van der Waals surface area contributed by atoms with Crippen molar-refractivity contribution in [1.29, 1.82) is 0 Å². The Balaban J connectivity index is 1.73. The molecule has 1 aliphatic rings. The van der Waals surface area contributed by atoms with Crippen LogP contribution in [0, 0.1) is 20.2 Å². The van der Waals surface area contributed by atoms with Gasteiger partial charge in [-0.15, -0.1) is 0 Å². The van der Waals surface area contributed by atoms with E-state index in [1.807, 2.05) is 16.9 Å². The van der Waals surface area contributed by atoms with Crippen LogP contribution in [0.1, 0.15) is 5.56 Å². The molecule has 24 heavy (non-hydrogen) atoms. The Morgan fingerprint density at radius 1 is 0.833 bits per heavy atom. The number of hydrogen-bond acceptors (Lipinski definition) is 5. The number of rotatable bonds is 4. The molecule has 0 radical (unpaired) electrons. The first-order valence-electron chi connectivity index (χ1n) is 6.82. The summed E-state index contributed by atoms with van der Waals surface area (Å²) in [7, 11) is 1.41. The van der Waals surface area contributed by atoms with Crippen LogP contribution in [0.25, 0.3) is 5.57 Å². The van der Waals surface area contributed by atoms with Crippen LogP contribution in [0.5, 0.6) is 0 Å². The molecule has 1 unspecified atom stereocenters. The third kappa shape index (κ3) is 3.50. The topological polar surface area (TPSA) is 86.3 Å². The molecule has 0 fully saturated rings. The second-order valence-electron chi connectivity index (χ2n) is 4.82. The van der Waals surface area contributed by atoms with E-state index in [1.165, 1.54) is 24.3 Å². The fourth-order valence-corrected chi connectivity index (χ4v) is 5.16. The van der Waals surface area contributed by atoms with E-state index in [4.69, 9.17) is 0 Å². The predicted octanol–water partition coefficient (Wildman–Crippen LogP) is 4.70.